The van der Waals surface area contributed by atoms with Crippen LogP contribution in [0, 0.1) is 0 Å². The minimum absolute atomic E-state index is 0.00333. The summed E-state index contributed by atoms with van der Waals surface area (Å²) in [5, 5.41) is 37.3. The highest BCUT2D eigenvalue weighted by molar-refractivity contribution is 7.80. The van der Waals surface area contributed by atoms with Crippen LogP contribution in [0.3, 0.4) is 0 Å². The molecule has 5 N–H and O–H groups in total. The minimum Gasteiger partial charge on any atom is -0.479 e. The summed E-state index contributed by atoms with van der Waals surface area (Å²) in [7, 11) is 0. The van der Waals surface area contributed by atoms with Gasteiger partial charge in [0.15, 0.2) is 0 Å². The molecule has 17 heavy (non-hydrogen) atoms. The number of aliphatic hydroxyl groups is 3. The van der Waals surface area contributed by atoms with Crippen LogP contribution in [-0.2, 0) is 9.59 Å². The number of amides is 1. The molecule has 7 nitrogen and oxygen atoms in total. The zero-order valence-corrected chi connectivity index (χ0v) is 10.3. The van der Waals surface area contributed by atoms with Crippen molar-refractivity contribution in [2.45, 2.75) is 37.7 Å². The van der Waals surface area contributed by atoms with E-state index in [9.17, 15) is 9.59 Å². The molecule has 0 spiro atoms. The Kier molecular flexibility index (Phi) is 5.89. The van der Waals surface area contributed by atoms with Crippen LogP contribution in [-0.4, -0.2) is 49.6 Å². The first-order chi connectivity index (χ1) is 7.63. The molecule has 0 saturated heterocycles. The van der Waals surface area contributed by atoms with Crippen molar-refractivity contribution < 1.29 is 30.0 Å². The monoisotopic (exact) mass is 267 g/mol. The molecule has 0 aromatic heterocycles. The van der Waals surface area contributed by atoms with Crippen molar-refractivity contribution >= 4 is 24.5 Å². The molecule has 100 valence electrons. The summed E-state index contributed by atoms with van der Waals surface area (Å²) in [4.78, 5) is 22.0. The van der Waals surface area contributed by atoms with Crippen molar-refractivity contribution in [1.29, 1.82) is 0 Å². The van der Waals surface area contributed by atoms with E-state index >= 15 is 0 Å². The molecule has 0 radical (unpaired) electrons. The molecule has 0 aliphatic heterocycles. The molecule has 0 aliphatic rings. The molecule has 0 bridgehead atoms. The first-order valence-corrected chi connectivity index (χ1v) is 5.56. The number of aliphatic carboxylic acids is 1. The topological polar surface area (TPSA) is 127 Å². The van der Waals surface area contributed by atoms with Crippen LogP contribution in [0.4, 0.5) is 0 Å². The van der Waals surface area contributed by atoms with Gasteiger partial charge in [0.25, 0.3) is 5.97 Å². The zero-order valence-electron chi connectivity index (χ0n) is 9.38. The third kappa shape index (κ3) is 5.87. The summed E-state index contributed by atoms with van der Waals surface area (Å²) in [6, 6.07) is 0. The largest absolute Gasteiger partial charge is 0.479 e. The van der Waals surface area contributed by atoms with E-state index in [2.05, 4.69) is 17.9 Å². The van der Waals surface area contributed by atoms with Crippen molar-refractivity contribution in [2.75, 3.05) is 5.75 Å². The van der Waals surface area contributed by atoms with Crippen LogP contribution in [0.5, 0.6) is 0 Å². The predicted octanol–water partition coefficient (Wildman–Crippen LogP) is -1.32. The lowest BCUT2D eigenvalue weighted by Gasteiger charge is -2.29. The number of hydrogen-bond acceptors (Lipinski definition) is 6. The summed E-state index contributed by atoms with van der Waals surface area (Å²) >= 11 is 3.88. The summed E-state index contributed by atoms with van der Waals surface area (Å²) in [6.45, 7) is 1.18. The van der Waals surface area contributed by atoms with Gasteiger partial charge in [0, 0.05) is 19.1 Å². The SMILES string of the molecule is CC(=O)N[C@](CS)(CCCC(O)(O)O)C(=O)O. The van der Waals surface area contributed by atoms with Gasteiger partial charge in [-0.15, -0.1) is 0 Å². The summed E-state index contributed by atoms with van der Waals surface area (Å²) in [5.74, 6) is -4.76. The summed E-state index contributed by atoms with van der Waals surface area (Å²) in [6.07, 6.45) is -0.499. The van der Waals surface area contributed by atoms with Crippen LogP contribution in [0.1, 0.15) is 26.2 Å². The van der Waals surface area contributed by atoms with Gasteiger partial charge in [-0.05, 0) is 12.8 Å². The van der Waals surface area contributed by atoms with Gasteiger partial charge in [-0.1, -0.05) is 0 Å². The first kappa shape index (κ1) is 16.2. The fourth-order valence-corrected chi connectivity index (χ4v) is 1.75. The van der Waals surface area contributed by atoms with E-state index in [0.29, 0.717) is 0 Å². The average molecular weight is 267 g/mol. The van der Waals surface area contributed by atoms with E-state index in [4.69, 9.17) is 20.4 Å². The smallest absolute Gasteiger partial charge is 0.330 e. The van der Waals surface area contributed by atoms with Crippen molar-refractivity contribution in [1.82, 2.24) is 5.32 Å². The molecule has 8 heteroatoms. The summed E-state index contributed by atoms with van der Waals surface area (Å²) < 4.78 is 0. The van der Waals surface area contributed by atoms with Crippen LogP contribution in [0.2, 0.25) is 0 Å². The lowest BCUT2D eigenvalue weighted by Crippen LogP contribution is -2.55. The second-order valence-corrected chi connectivity index (χ2v) is 4.17. The molecule has 0 unspecified atom stereocenters. The average Bonchev–Trinajstić information content (AvgIpc) is 2.13. The highest BCUT2D eigenvalue weighted by Gasteiger charge is 2.38. The summed E-state index contributed by atoms with van der Waals surface area (Å²) in [5.41, 5.74) is -1.57. The number of rotatable bonds is 7. The molecule has 1 amide bonds. The van der Waals surface area contributed by atoms with E-state index in [1.165, 1.54) is 6.92 Å². The van der Waals surface area contributed by atoms with Gasteiger partial charge in [-0.2, -0.15) is 12.6 Å². The number of carbonyl (C=O) groups is 2. The number of carboxylic acids is 1. The van der Waals surface area contributed by atoms with Crippen LogP contribution >= 0.6 is 12.6 Å². The van der Waals surface area contributed by atoms with Gasteiger partial charge < -0.3 is 25.7 Å². The van der Waals surface area contributed by atoms with E-state index in [1.807, 2.05) is 0 Å². The predicted molar refractivity (Wildman–Crippen MR) is 61.3 cm³/mol. The second-order valence-electron chi connectivity index (χ2n) is 3.85. The standard InChI is InChI=1S/C9H17NO6S/c1-6(11)10-8(5-17,7(12)13)3-2-4-9(14,15)16/h14-17H,2-5H2,1H3,(H,10,11)(H,12,13)/t8-/m0/s1. The number of thiol groups is 1. The number of carbonyl (C=O) groups excluding carboxylic acids is 1. The van der Waals surface area contributed by atoms with E-state index in [-0.39, 0.29) is 18.6 Å². The molecule has 0 fully saturated rings. The highest BCUT2D eigenvalue weighted by atomic mass is 32.1. The van der Waals surface area contributed by atoms with E-state index in [0.717, 1.165) is 0 Å². The molecule has 0 heterocycles. The maximum atomic E-state index is 11.1. The molecule has 0 aromatic carbocycles. The molecule has 0 rings (SSSR count). The first-order valence-electron chi connectivity index (χ1n) is 4.93. The molecular formula is C9H17NO6S. The molecule has 0 saturated carbocycles. The maximum Gasteiger partial charge on any atom is 0.330 e. The van der Waals surface area contributed by atoms with Crippen molar-refractivity contribution in [3.63, 3.8) is 0 Å². The Bertz CT molecular complexity index is 290. The number of nitrogens with one attached hydrogen (secondary N) is 1. The molecular weight excluding hydrogens is 250 g/mol. The lowest BCUT2D eigenvalue weighted by atomic mass is 9.94. The third-order valence-corrected chi connectivity index (χ3v) is 2.75. The Balaban J connectivity index is 4.59. The lowest BCUT2D eigenvalue weighted by molar-refractivity contribution is -0.315. The van der Waals surface area contributed by atoms with E-state index in [1.54, 1.807) is 0 Å². The fourth-order valence-electron chi connectivity index (χ4n) is 1.37. The fraction of sp³-hybridized carbons (Fsp3) is 0.778. The second kappa shape index (κ2) is 6.20. The van der Waals surface area contributed by atoms with Gasteiger partial charge in [0.05, 0.1) is 0 Å². The van der Waals surface area contributed by atoms with Gasteiger partial charge in [0.1, 0.15) is 5.54 Å². The van der Waals surface area contributed by atoms with Gasteiger partial charge in [-0.25, -0.2) is 4.79 Å². The van der Waals surface area contributed by atoms with Gasteiger partial charge in [-0.3, -0.25) is 4.79 Å². The Morgan fingerprint density at radius 1 is 1.24 bits per heavy atom. The Labute approximate surface area is 104 Å². The maximum absolute atomic E-state index is 11.1. The van der Waals surface area contributed by atoms with Crippen LogP contribution in [0.25, 0.3) is 0 Å². The van der Waals surface area contributed by atoms with Gasteiger partial charge in [0.2, 0.25) is 5.91 Å². The van der Waals surface area contributed by atoms with Gasteiger partial charge >= 0.3 is 5.97 Å². The molecule has 0 aromatic rings. The van der Waals surface area contributed by atoms with Crippen molar-refractivity contribution in [2.24, 2.45) is 0 Å². The third-order valence-electron chi connectivity index (χ3n) is 2.21. The Hall–Kier alpha value is -0.830. The number of carboxylic acid groups (broad SMARTS) is 1. The normalized spacial score (nSPS) is 15.1. The Morgan fingerprint density at radius 2 is 1.76 bits per heavy atom. The Morgan fingerprint density at radius 3 is 2.06 bits per heavy atom. The minimum atomic E-state index is -2.84. The van der Waals surface area contributed by atoms with Crippen LogP contribution < -0.4 is 5.32 Å². The van der Waals surface area contributed by atoms with Crippen molar-refractivity contribution in [3.8, 4) is 0 Å². The molecule has 1 atom stereocenters. The van der Waals surface area contributed by atoms with Crippen LogP contribution in [0.15, 0.2) is 0 Å². The molecule has 0 aliphatic carbocycles. The van der Waals surface area contributed by atoms with Crippen molar-refractivity contribution in [3.05, 3.63) is 0 Å². The highest BCUT2D eigenvalue weighted by Crippen LogP contribution is 2.19. The van der Waals surface area contributed by atoms with E-state index < -0.39 is 29.8 Å². The zero-order chi connectivity index (χ0) is 13.7. The number of hydrogen-bond donors (Lipinski definition) is 6. The quantitative estimate of drug-likeness (QED) is 0.251.